The van der Waals surface area contributed by atoms with E-state index in [0.29, 0.717) is 10.9 Å². The number of nitro groups is 1. The van der Waals surface area contributed by atoms with Crippen LogP contribution in [0.2, 0.25) is 0 Å². The SMILES string of the molecule is C=CCOc1c(OCC=C(C)CCC=C(C)C)c2ccc([N+](=O)[O-])cc2n(C)c1=O. The van der Waals surface area contributed by atoms with Gasteiger partial charge in [-0.25, -0.2) is 0 Å². The van der Waals surface area contributed by atoms with Gasteiger partial charge in [-0.3, -0.25) is 14.9 Å². The van der Waals surface area contributed by atoms with Crippen LogP contribution in [-0.2, 0) is 7.05 Å². The number of fused-ring (bicyclic) bond motifs is 1. The summed E-state index contributed by atoms with van der Waals surface area (Å²) in [5.74, 6) is 0.340. The normalized spacial score (nSPS) is 11.3. The summed E-state index contributed by atoms with van der Waals surface area (Å²) >= 11 is 0. The molecule has 30 heavy (non-hydrogen) atoms. The largest absolute Gasteiger partial charge is 0.485 e. The van der Waals surface area contributed by atoms with Crippen LogP contribution in [0, 0.1) is 10.1 Å². The molecule has 1 aromatic heterocycles. The molecule has 7 nitrogen and oxygen atoms in total. The van der Waals surface area contributed by atoms with E-state index in [1.54, 1.807) is 13.1 Å². The van der Waals surface area contributed by atoms with Crippen molar-refractivity contribution in [3.05, 3.63) is 74.6 Å². The molecule has 0 amide bonds. The van der Waals surface area contributed by atoms with Gasteiger partial charge in [0.15, 0.2) is 5.75 Å². The van der Waals surface area contributed by atoms with Crippen molar-refractivity contribution in [2.24, 2.45) is 7.05 Å². The number of pyridine rings is 1. The molecule has 0 spiro atoms. The number of allylic oxidation sites excluding steroid dienone is 3. The van der Waals surface area contributed by atoms with Gasteiger partial charge >= 0.3 is 0 Å². The zero-order valence-corrected chi connectivity index (χ0v) is 17.9. The Bertz CT molecular complexity index is 1060. The number of non-ortho nitro benzene ring substituents is 1. The van der Waals surface area contributed by atoms with Gasteiger partial charge in [-0.1, -0.05) is 29.9 Å². The number of aromatic nitrogens is 1. The van der Waals surface area contributed by atoms with Crippen molar-refractivity contribution in [2.75, 3.05) is 13.2 Å². The van der Waals surface area contributed by atoms with Crippen molar-refractivity contribution in [3.8, 4) is 11.5 Å². The number of nitro benzene ring substituents is 1. The van der Waals surface area contributed by atoms with Crippen LogP contribution in [0.25, 0.3) is 10.9 Å². The third kappa shape index (κ3) is 5.59. The maximum Gasteiger partial charge on any atom is 0.297 e. The Morgan fingerprint density at radius 2 is 1.87 bits per heavy atom. The molecule has 160 valence electrons. The number of benzene rings is 1. The molecular formula is C23H28N2O5. The third-order valence-corrected chi connectivity index (χ3v) is 4.60. The minimum Gasteiger partial charge on any atom is -0.485 e. The average molecular weight is 412 g/mol. The van der Waals surface area contributed by atoms with Crippen LogP contribution < -0.4 is 15.0 Å². The Labute approximate surface area is 176 Å². The van der Waals surface area contributed by atoms with Gasteiger partial charge in [0.1, 0.15) is 13.2 Å². The van der Waals surface area contributed by atoms with Crippen LogP contribution in [0.4, 0.5) is 5.69 Å². The van der Waals surface area contributed by atoms with Gasteiger partial charge in [-0.2, -0.15) is 0 Å². The van der Waals surface area contributed by atoms with Crippen molar-refractivity contribution in [1.82, 2.24) is 4.57 Å². The fourth-order valence-corrected chi connectivity index (χ4v) is 2.95. The first-order valence-corrected chi connectivity index (χ1v) is 9.72. The standard InChI is InChI=1S/C23H28N2O5/c1-6-13-29-22-21(30-14-12-17(4)9-7-8-16(2)3)19-11-10-18(25(27)28)15-20(19)24(5)23(22)26/h6,8,10-12,15H,1,7,9,13-14H2,2-5H3. The predicted molar refractivity (Wildman–Crippen MR) is 119 cm³/mol. The molecule has 2 aromatic rings. The van der Waals surface area contributed by atoms with E-state index in [4.69, 9.17) is 9.47 Å². The Balaban J connectivity index is 2.43. The second-order valence-corrected chi connectivity index (χ2v) is 7.26. The fraction of sp³-hybridized carbons (Fsp3) is 0.348. The lowest BCUT2D eigenvalue weighted by molar-refractivity contribution is -0.384. The van der Waals surface area contributed by atoms with E-state index in [-0.39, 0.29) is 30.4 Å². The van der Waals surface area contributed by atoms with E-state index in [2.05, 4.69) is 26.5 Å². The maximum absolute atomic E-state index is 12.8. The molecule has 1 heterocycles. The highest BCUT2D eigenvalue weighted by atomic mass is 16.6. The summed E-state index contributed by atoms with van der Waals surface area (Å²) in [6.07, 6.45) is 7.55. The van der Waals surface area contributed by atoms with E-state index in [0.717, 1.165) is 12.8 Å². The molecule has 0 unspecified atom stereocenters. The minimum atomic E-state index is -0.495. The van der Waals surface area contributed by atoms with Crippen molar-refractivity contribution in [2.45, 2.75) is 33.6 Å². The predicted octanol–water partition coefficient (Wildman–Crippen LogP) is 5.08. The van der Waals surface area contributed by atoms with E-state index in [1.165, 1.54) is 33.9 Å². The Kier molecular flexibility index (Phi) is 7.98. The van der Waals surface area contributed by atoms with Gasteiger partial charge < -0.3 is 14.0 Å². The van der Waals surface area contributed by atoms with E-state index in [9.17, 15) is 14.9 Å². The van der Waals surface area contributed by atoms with Crippen molar-refractivity contribution in [1.29, 1.82) is 0 Å². The van der Waals surface area contributed by atoms with Gasteiger partial charge in [0.2, 0.25) is 5.75 Å². The van der Waals surface area contributed by atoms with Gasteiger partial charge in [0.25, 0.3) is 11.2 Å². The molecule has 0 aliphatic rings. The van der Waals surface area contributed by atoms with Gasteiger partial charge in [0, 0.05) is 24.6 Å². The molecule has 0 atom stereocenters. The number of rotatable bonds is 10. The smallest absolute Gasteiger partial charge is 0.297 e. The number of hydrogen-bond donors (Lipinski definition) is 0. The van der Waals surface area contributed by atoms with Crippen LogP contribution in [0.15, 0.2) is 58.9 Å². The zero-order valence-electron chi connectivity index (χ0n) is 17.9. The topological polar surface area (TPSA) is 83.6 Å². The third-order valence-electron chi connectivity index (χ3n) is 4.60. The van der Waals surface area contributed by atoms with Gasteiger partial charge in [-0.15, -0.1) is 0 Å². The molecule has 0 saturated carbocycles. The lowest BCUT2D eigenvalue weighted by atomic mass is 10.1. The van der Waals surface area contributed by atoms with Crippen LogP contribution in [0.5, 0.6) is 11.5 Å². The fourth-order valence-electron chi connectivity index (χ4n) is 2.95. The van der Waals surface area contributed by atoms with Crippen molar-refractivity contribution in [3.63, 3.8) is 0 Å². The number of ether oxygens (including phenoxy) is 2. The summed E-state index contributed by atoms with van der Waals surface area (Å²) in [6, 6.07) is 4.33. The second-order valence-electron chi connectivity index (χ2n) is 7.26. The molecule has 0 fully saturated rings. The average Bonchev–Trinajstić information content (AvgIpc) is 2.70. The number of hydrogen-bond acceptors (Lipinski definition) is 5. The van der Waals surface area contributed by atoms with Crippen LogP contribution in [0.3, 0.4) is 0 Å². The first-order valence-electron chi connectivity index (χ1n) is 9.72. The lowest BCUT2D eigenvalue weighted by Crippen LogP contribution is -2.21. The van der Waals surface area contributed by atoms with E-state index < -0.39 is 10.5 Å². The number of nitrogens with zero attached hydrogens (tertiary/aromatic N) is 2. The van der Waals surface area contributed by atoms with Crippen molar-refractivity contribution >= 4 is 16.6 Å². The van der Waals surface area contributed by atoms with Crippen LogP contribution in [0.1, 0.15) is 33.6 Å². The molecule has 0 N–H and O–H groups in total. The number of aryl methyl sites for hydroxylation is 1. The Morgan fingerprint density at radius 3 is 2.50 bits per heavy atom. The molecule has 0 aliphatic heterocycles. The minimum absolute atomic E-state index is 0.0642. The molecule has 0 bridgehead atoms. The molecule has 7 heteroatoms. The molecule has 0 radical (unpaired) electrons. The summed E-state index contributed by atoms with van der Waals surface area (Å²) < 4.78 is 12.9. The monoisotopic (exact) mass is 412 g/mol. The van der Waals surface area contributed by atoms with Crippen LogP contribution >= 0.6 is 0 Å². The lowest BCUT2D eigenvalue weighted by Gasteiger charge is -2.16. The Morgan fingerprint density at radius 1 is 1.17 bits per heavy atom. The van der Waals surface area contributed by atoms with Crippen LogP contribution in [-0.4, -0.2) is 22.7 Å². The molecule has 0 aliphatic carbocycles. The molecular weight excluding hydrogens is 384 g/mol. The quantitative estimate of drug-likeness (QED) is 0.309. The summed E-state index contributed by atoms with van der Waals surface area (Å²) in [5, 5.41) is 11.7. The first-order chi connectivity index (χ1) is 14.3. The molecule has 0 saturated heterocycles. The summed E-state index contributed by atoms with van der Waals surface area (Å²) in [5.41, 5.74) is 2.33. The maximum atomic E-state index is 12.8. The second kappa shape index (κ2) is 10.4. The highest BCUT2D eigenvalue weighted by Gasteiger charge is 2.20. The summed E-state index contributed by atoms with van der Waals surface area (Å²) in [4.78, 5) is 23.5. The van der Waals surface area contributed by atoms with Crippen molar-refractivity contribution < 1.29 is 14.4 Å². The van der Waals surface area contributed by atoms with E-state index in [1.807, 2.05) is 13.0 Å². The zero-order chi connectivity index (χ0) is 22.3. The van der Waals surface area contributed by atoms with Gasteiger partial charge in [0.05, 0.1) is 10.4 Å². The highest BCUT2D eigenvalue weighted by molar-refractivity contribution is 5.89. The summed E-state index contributed by atoms with van der Waals surface area (Å²) in [7, 11) is 1.55. The molecule has 1 aromatic carbocycles. The first kappa shape index (κ1) is 22.9. The van der Waals surface area contributed by atoms with Gasteiger partial charge in [-0.05, 0) is 45.8 Å². The highest BCUT2D eigenvalue weighted by Crippen LogP contribution is 2.34. The van der Waals surface area contributed by atoms with E-state index >= 15 is 0 Å². The summed E-state index contributed by atoms with van der Waals surface area (Å²) in [6.45, 7) is 10.2. The molecule has 2 rings (SSSR count). The Hall–Kier alpha value is -3.35.